The van der Waals surface area contributed by atoms with Gasteiger partial charge in [-0.25, -0.2) is 0 Å². The summed E-state index contributed by atoms with van der Waals surface area (Å²) < 4.78 is 0. The highest BCUT2D eigenvalue weighted by atomic mass is 35.5. The lowest BCUT2D eigenvalue weighted by Gasteiger charge is -2.08. The van der Waals surface area contributed by atoms with Gasteiger partial charge in [-0.3, -0.25) is 4.79 Å². The molecule has 0 fully saturated rings. The van der Waals surface area contributed by atoms with E-state index in [-0.39, 0.29) is 11.7 Å². The molecule has 0 aliphatic rings. The van der Waals surface area contributed by atoms with E-state index in [0.29, 0.717) is 16.3 Å². The molecule has 21 heavy (non-hydrogen) atoms. The van der Waals surface area contributed by atoms with Crippen molar-refractivity contribution >= 4 is 34.0 Å². The van der Waals surface area contributed by atoms with Gasteiger partial charge in [0, 0.05) is 5.56 Å². The van der Waals surface area contributed by atoms with Gasteiger partial charge in [0.25, 0.3) is 5.91 Å². The van der Waals surface area contributed by atoms with Crippen LogP contribution in [0.5, 0.6) is 5.75 Å². The SMILES string of the molecule is O=C(Nc1ccccc1Cl)c1ccc2cc(O)ccc2c1. The third-order valence-electron chi connectivity index (χ3n) is 3.21. The third kappa shape index (κ3) is 2.83. The molecule has 3 nitrogen and oxygen atoms in total. The van der Waals surface area contributed by atoms with Gasteiger partial charge >= 0.3 is 0 Å². The monoisotopic (exact) mass is 297 g/mol. The Morgan fingerprint density at radius 3 is 2.48 bits per heavy atom. The van der Waals surface area contributed by atoms with Crippen LogP contribution in [0.2, 0.25) is 5.02 Å². The number of fused-ring (bicyclic) bond motifs is 1. The maximum Gasteiger partial charge on any atom is 0.255 e. The fraction of sp³-hybridized carbons (Fsp3) is 0. The number of carbonyl (C=O) groups excluding carboxylic acids is 1. The number of hydrogen-bond acceptors (Lipinski definition) is 2. The molecule has 0 unspecified atom stereocenters. The lowest BCUT2D eigenvalue weighted by molar-refractivity contribution is 0.102. The molecule has 1 amide bonds. The first-order chi connectivity index (χ1) is 10.1. The maximum atomic E-state index is 12.3. The van der Waals surface area contributed by atoms with Crippen LogP contribution in [0.1, 0.15) is 10.4 Å². The number of rotatable bonds is 2. The van der Waals surface area contributed by atoms with Gasteiger partial charge in [0.05, 0.1) is 10.7 Å². The van der Waals surface area contributed by atoms with Crippen molar-refractivity contribution in [1.29, 1.82) is 0 Å². The molecule has 0 heterocycles. The largest absolute Gasteiger partial charge is 0.508 e. The summed E-state index contributed by atoms with van der Waals surface area (Å²) in [4.78, 5) is 12.3. The van der Waals surface area contributed by atoms with Crippen molar-refractivity contribution in [3.8, 4) is 5.75 Å². The van der Waals surface area contributed by atoms with Crippen molar-refractivity contribution in [3.05, 3.63) is 71.2 Å². The number of hydrogen-bond donors (Lipinski definition) is 2. The zero-order valence-corrected chi connectivity index (χ0v) is 11.8. The van der Waals surface area contributed by atoms with Crippen molar-refractivity contribution < 1.29 is 9.90 Å². The average molecular weight is 298 g/mol. The minimum absolute atomic E-state index is 0.204. The first kappa shape index (κ1) is 13.5. The number of nitrogens with one attached hydrogen (secondary N) is 1. The lowest BCUT2D eigenvalue weighted by Crippen LogP contribution is -2.12. The van der Waals surface area contributed by atoms with Gasteiger partial charge in [-0.1, -0.05) is 35.9 Å². The Balaban J connectivity index is 1.91. The predicted octanol–water partition coefficient (Wildman–Crippen LogP) is 4.45. The Bertz CT molecular complexity index is 830. The molecule has 4 heteroatoms. The minimum Gasteiger partial charge on any atom is -0.508 e. The van der Waals surface area contributed by atoms with E-state index < -0.39 is 0 Å². The van der Waals surface area contributed by atoms with E-state index in [9.17, 15) is 9.90 Å². The van der Waals surface area contributed by atoms with Crippen LogP contribution < -0.4 is 5.32 Å². The number of phenolic OH excluding ortho intramolecular Hbond substituents is 1. The second kappa shape index (κ2) is 5.46. The normalized spacial score (nSPS) is 10.5. The van der Waals surface area contributed by atoms with Crippen LogP contribution in [0.3, 0.4) is 0 Å². The van der Waals surface area contributed by atoms with E-state index in [4.69, 9.17) is 11.6 Å². The summed E-state index contributed by atoms with van der Waals surface area (Å²) in [6.07, 6.45) is 0. The molecule has 0 aliphatic carbocycles. The maximum absolute atomic E-state index is 12.3. The number of amides is 1. The van der Waals surface area contributed by atoms with Gasteiger partial charge in [0.1, 0.15) is 5.75 Å². The molecule has 0 bridgehead atoms. The van der Waals surface area contributed by atoms with Gasteiger partial charge in [-0.2, -0.15) is 0 Å². The van der Waals surface area contributed by atoms with Gasteiger partial charge in [0.15, 0.2) is 0 Å². The summed E-state index contributed by atoms with van der Waals surface area (Å²) in [5, 5.41) is 14.5. The molecule has 0 aromatic heterocycles. The third-order valence-corrected chi connectivity index (χ3v) is 3.54. The second-order valence-electron chi connectivity index (χ2n) is 4.68. The topological polar surface area (TPSA) is 49.3 Å². The van der Waals surface area contributed by atoms with Gasteiger partial charge in [-0.15, -0.1) is 0 Å². The van der Waals surface area contributed by atoms with Gasteiger partial charge < -0.3 is 10.4 Å². The van der Waals surface area contributed by atoms with Crippen molar-refractivity contribution in [2.24, 2.45) is 0 Å². The standard InChI is InChI=1S/C17H12ClNO2/c18-15-3-1-2-4-16(15)19-17(21)13-6-5-12-10-14(20)8-7-11(12)9-13/h1-10,20H,(H,19,21). The molecule has 0 atom stereocenters. The number of aromatic hydroxyl groups is 1. The highest BCUT2D eigenvalue weighted by molar-refractivity contribution is 6.33. The van der Waals surface area contributed by atoms with Crippen LogP contribution in [0.15, 0.2) is 60.7 Å². The summed E-state index contributed by atoms with van der Waals surface area (Å²) >= 11 is 6.03. The van der Waals surface area contributed by atoms with E-state index in [1.807, 2.05) is 6.07 Å². The van der Waals surface area contributed by atoms with Crippen LogP contribution in [0.25, 0.3) is 10.8 Å². The minimum atomic E-state index is -0.224. The summed E-state index contributed by atoms with van der Waals surface area (Å²) in [6.45, 7) is 0. The molecule has 104 valence electrons. The van der Waals surface area contributed by atoms with E-state index in [1.54, 1.807) is 54.6 Å². The van der Waals surface area contributed by atoms with Gasteiger partial charge in [-0.05, 0) is 47.2 Å². The molecule has 0 saturated heterocycles. The molecule has 0 radical (unpaired) electrons. The number of carbonyl (C=O) groups is 1. The molecule has 3 rings (SSSR count). The van der Waals surface area contributed by atoms with E-state index in [2.05, 4.69) is 5.32 Å². The van der Waals surface area contributed by atoms with Crippen molar-refractivity contribution in [3.63, 3.8) is 0 Å². The first-order valence-electron chi connectivity index (χ1n) is 6.42. The van der Waals surface area contributed by atoms with E-state index in [1.165, 1.54) is 0 Å². The molecule has 2 N–H and O–H groups in total. The molecule has 3 aromatic rings. The second-order valence-corrected chi connectivity index (χ2v) is 5.09. The number of para-hydroxylation sites is 1. The Labute approximate surface area is 126 Å². The summed E-state index contributed by atoms with van der Waals surface area (Å²) in [7, 11) is 0. The number of phenols is 1. The van der Waals surface area contributed by atoms with Crippen LogP contribution in [-0.2, 0) is 0 Å². The predicted molar refractivity (Wildman–Crippen MR) is 85.0 cm³/mol. The summed E-state index contributed by atoms with van der Waals surface area (Å²) in [5.74, 6) is -0.0196. The summed E-state index contributed by atoms with van der Waals surface area (Å²) in [5.41, 5.74) is 1.11. The van der Waals surface area contributed by atoms with Crippen LogP contribution in [0, 0.1) is 0 Å². The van der Waals surface area contributed by atoms with Crippen LogP contribution >= 0.6 is 11.6 Å². The Hall–Kier alpha value is -2.52. The first-order valence-corrected chi connectivity index (χ1v) is 6.80. The van der Waals surface area contributed by atoms with Crippen molar-refractivity contribution in [2.75, 3.05) is 5.32 Å². The molecule has 0 spiro atoms. The zero-order valence-electron chi connectivity index (χ0n) is 11.0. The van der Waals surface area contributed by atoms with Crippen LogP contribution in [-0.4, -0.2) is 11.0 Å². The molecular weight excluding hydrogens is 286 g/mol. The van der Waals surface area contributed by atoms with Crippen molar-refractivity contribution in [2.45, 2.75) is 0 Å². The Morgan fingerprint density at radius 1 is 0.952 bits per heavy atom. The highest BCUT2D eigenvalue weighted by Gasteiger charge is 2.09. The highest BCUT2D eigenvalue weighted by Crippen LogP contribution is 2.23. The quantitative estimate of drug-likeness (QED) is 0.734. The number of halogens is 1. The van der Waals surface area contributed by atoms with Crippen molar-refractivity contribution in [1.82, 2.24) is 0 Å². The Morgan fingerprint density at radius 2 is 1.67 bits per heavy atom. The van der Waals surface area contributed by atoms with Gasteiger partial charge in [0.2, 0.25) is 0 Å². The fourth-order valence-electron chi connectivity index (χ4n) is 2.13. The number of anilines is 1. The smallest absolute Gasteiger partial charge is 0.255 e. The lowest BCUT2D eigenvalue weighted by atomic mass is 10.1. The van der Waals surface area contributed by atoms with E-state index >= 15 is 0 Å². The molecule has 0 aliphatic heterocycles. The average Bonchev–Trinajstić information content (AvgIpc) is 2.49. The van der Waals surface area contributed by atoms with Crippen LogP contribution in [0.4, 0.5) is 5.69 Å². The molecular formula is C17H12ClNO2. The number of benzene rings is 3. The van der Waals surface area contributed by atoms with E-state index in [0.717, 1.165) is 10.8 Å². The zero-order chi connectivity index (χ0) is 14.8. The summed E-state index contributed by atoms with van der Waals surface area (Å²) in [6, 6.07) is 17.4. The molecule has 0 saturated carbocycles. The molecule has 3 aromatic carbocycles. The fourth-order valence-corrected chi connectivity index (χ4v) is 2.31. The Kier molecular flexibility index (Phi) is 3.50.